The van der Waals surface area contributed by atoms with Crippen LogP contribution in [-0.4, -0.2) is 22.2 Å². The standard InChI is InChI=1S/C12H11BrO3/c13-8-11(14)7-10-3-1-9(2-4-10)5-6-12(15)16/h1-6H,7-8H2,(H,15,16)/b6-5+. The van der Waals surface area contributed by atoms with E-state index in [-0.39, 0.29) is 5.78 Å². The van der Waals surface area contributed by atoms with Gasteiger partial charge in [0.15, 0.2) is 0 Å². The van der Waals surface area contributed by atoms with Crippen molar-refractivity contribution in [2.24, 2.45) is 0 Å². The van der Waals surface area contributed by atoms with E-state index >= 15 is 0 Å². The minimum absolute atomic E-state index is 0.119. The van der Waals surface area contributed by atoms with Crippen LogP contribution in [0.1, 0.15) is 11.1 Å². The third kappa shape index (κ3) is 4.40. The highest BCUT2D eigenvalue weighted by atomic mass is 79.9. The second kappa shape index (κ2) is 6.23. The fourth-order valence-electron chi connectivity index (χ4n) is 1.19. The lowest BCUT2D eigenvalue weighted by molar-refractivity contribution is -0.131. The Kier molecular flexibility index (Phi) is 4.92. The average Bonchev–Trinajstić information content (AvgIpc) is 2.28. The Balaban J connectivity index is 2.68. The number of carboxylic acids is 1. The Labute approximate surface area is 102 Å². The quantitative estimate of drug-likeness (QED) is 0.666. The number of hydrogen-bond acceptors (Lipinski definition) is 2. The van der Waals surface area contributed by atoms with Crippen molar-refractivity contribution in [3.8, 4) is 0 Å². The third-order valence-corrected chi connectivity index (χ3v) is 2.57. The maximum absolute atomic E-state index is 11.1. The van der Waals surface area contributed by atoms with Gasteiger partial charge in [0, 0.05) is 12.5 Å². The van der Waals surface area contributed by atoms with Gasteiger partial charge < -0.3 is 5.11 Å². The molecule has 84 valence electrons. The van der Waals surface area contributed by atoms with Crippen molar-refractivity contribution in [3.63, 3.8) is 0 Å². The molecular formula is C12H11BrO3. The highest BCUT2D eigenvalue weighted by molar-refractivity contribution is 9.09. The van der Waals surface area contributed by atoms with E-state index in [1.165, 1.54) is 6.08 Å². The summed E-state index contributed by atoms with van der Waals surface area (Å²) < 4.78 is 0. The lowest BCUT2D eigenvalue weighted by atomic mass is 10.1. The van der Waals surface area contributed by atoms with Crippen molar-refractivity contribution in [2.75, 3.05) is 5.33 Å². The summed E-state index contributed by atoms with van der Waals surface area (Å²) in [4.78, 5) is 21.4. The largest absolute Gasteiger partial charge is 0.478 e. The second-order valence-corrected chi connectivity index (χ2v) is 3.82. The van der Waals surface area contributed by atoms with Gasteiger partial charge in [0.05, 0.1) is 5.33 Å². The van der Waals surface area contributed by atoms with Gasteiger partial charge in [0.25, 0.3) is 0 Å². The number of alkyl halides is 1. The SMILES string of the molecule is O=C(O)/C=C/c1ccc(CC(=O)CBr)cc1. The molecule has 16 heavy (non-hydrogen) atoms. The zero-order valence-electron chi connectivity index (χ0n) is 8.52. The van der Waals surface area contributed by atoms with Gasteiger partial charge in [-0.25, -0.2) is 4.79 Å². The van der Waals surface area contributed by atoms with E-state index in [9.17, 15) is 9.59 Å². The summed E-state index contributed by atoms with van der Waals surface area (Å²) in [5, 5.41) is 8.80. The summed E-state index contributed by atoms with van der Waals surface area (Å²) in [6.45, 7) is 0. The normalized spacial score (nSPS) is 10.6. The van der Waals surface area contributed by atoms with Crippen LogP contribution in [0.3, 0.4) is 0 Å². The Bertz CT molecular complexity index is 407. The summed E-state index contributed by atoms with van der Waals surface area (Å²) in [7, 11) is 0. The smallest absolute Gasteiger partial charge is 0.328 e. The number of carbonyl (C=O) groups is 2. The molecule has 0 bridgehead atoms. The fourth-order valence-corrected chi connectivity index (χ4v) is 1.39. The van der Waals surface area contributed by atoms with Gasteiger partial charge in [-0.1, -0.05) is 40.2 Å². The lowest BCUT2D eigenvalue weighted by Crippen LogP contribution is -2.02. The summed E-state index contributed by atoms with van der Waals surface area (Å²) in [5.41, 5.74) is 1.73. The first-order chi connectivity index (χ1) is 7.61. The van der Waals surface area contributed by atoms with E-state index in [1.807, 2.05) is 12.1 Å². The fraction of sp³-hybridized carbons (Fsp3) is 0.167. The van der Waals surface area contributed by atoms with Crippen molar-refractivity contribution in [2.45, 2.75) is 6.42 Å². The monoisotopic (exact) mass is 282 g/mol. The molecule has 0 radical (unpaired) electrons. The summed E-state index contributed by atoms with van der Waals surface area (Å²) in [6, 6.07) is 7.22. The number of halogens is 1. The van der Waals surface area contributed by atoms with E-state index in [4.69, 9.17) is 5.11 Å². The van der Waals surface area contributed by atoms with Crippen molar-refractivity contribution < 1.29 is 14.7 Å². The predicted octanol–water partition coefficient (Wildman–Crippen LogP) is 2.29. The molecule has 0 unspecified atom stereocenters. The van der Waals surface area contributed by atoms with Crippen LogP contribution in [0.4, 0.5) is 0 Å². The molecule has 1 N–H and O–H groups in total. The Morgan fingerprint density at radius 1 is 1.25 bits per heavy atom. The minimum Gasteiger partial charge on any atom is -0.478 e. The van der Waals surface area contributed by atoms with Gasteiger partial charge in [0.1, 0.15) is 5.78 Å². The number of hydrogen-bond donors (Lipinski definition) is 1. The van der Waals surface area contributed by atoms with Crippen molar-refractivity contribution in [1.82, 2.24) is 0 Å². The lowest BCUT2D eigenvalue weighted by Gasteiger charge is -1.99. The van der Waals surface area contributed by atoms with E-state index in [2.05, 4.69) is 15.9 Å². The number of carboxylic acid groups (broad SMARTS) is 1. The van der Waals surface area contributed by atoms with Crippen LogP contribution in [-0.2, 0) is 16.0 Å². The molecular weight excluding hydrogens is 272 g/mol. The number of aliphatic carboxylic acids is 1. The topological polar surface area (TPSA) is 54.4 Å². The van der Waals surface area contributed by atoms with E-state index in [0.29, 0.717) is 11.8 Å². The zero-order valence-corrected chi connectivity index (χ0v) is 10.1. The maximum Gasteiger partial charge on any atom is 0.328 e. The molecule has 0 saturated carbocycles. The summed E-state index contributed by atoms with van der Waals surface area (Å²) in [5.74, 6) is -0.854. The molecule has 0 heterocycles. The number of ketones is 1. The van der Waals surface area contributed by atoms with Crippen LogP contribution in [0.2, 0.25) is 0 Å². The van der Waals surface area contributed by atoms with Crippen LogP contribution in [0, 0.1) is 0 Å². The van der Waals surface area contributed by atoms with Gasteiger partial charge in [-0.05, 0) is 17.2 Å². The molecule has 0 fully saturated rings. The van der Waals surface area contributed by atoms with Crippen molar-refractivity contribution in [3.05, 3.63) is 41.5 Å². The second-order valence-electron chi connectivity index (χ2n) is 3.26. The first kappa shape index (κ1) is 12.6. The van der Waals surface area contributed by atoms with Crippen LogP contribution >= 0.6 is 15.9 Å². The maximum atomic E-state index is 11.1. The molecule has 1 aromatic carbocycles. The third-order valence-electron chi connectivity index (χ3n) is 1.95. The van der Waals surface area contributed by atoms with Gasteiger partial charge in [-0.2, -0.15) is 0 Å². The molecule has 0 saturated heterocycles. The van der Waals surface area contributed by atoms with Crippen LogP contribution in [0.15, 0.2) is 30.3 Å². The van der Waals surface area contributed by atoms with Crippen LogP contribution < -0.4 is 0 Å². The highest BCUT2D eigenvalue weighted by Gasteiger charge is 2.00. The van der Waals surface area contributed by atoms with E-state index in [0.717, 1.165) is 17.2 Å². The number of rotatable bonds is 5. The highest BCUT2D eigenvalue weighted by Crippen LogP contribution is 2.07. The van der Waals surface area contributed by atoms with Crippen molar-refractivity contribution in [1.29, 1.82) is 0 Å². The van der Waals surface area contributed by atoms with Crippen molar-refractivity contribution >= 4 is 33.8 Å². The summed E-state index contributed by atoms with van der Waals surface area (Å²) >= 11 is 3.10. The number of carbonyl (C=O) groups excluding carboxylic acids is 1. The average molecular weight is 283 g/mol. The minimum atomic E-state index is -0.974. The van der Waals surface area contributed by atoms with E-state index < -0.39 is 5.97 Å². The van der Waals surface area contributed by atoms with E-state index in [1.54, 1.807) is 12.1 Å². The Morgan fingerprint density at radius 3 is 2.38 bits per heavy atom. The number of Topliss-reactive ketones (excluding diaryl/α,β-unsaturated/α-hetero) is 1. The first-order valence-electron chi connectivity index (χ1n) is 4.69. The van der Waals surface area contributed by atoms with Crippen LogP contribution in [0.25, 0.3) is 6.08 Å². The molecule has 0 aliphatic rings. The molecule has 4 heteroatoms. The van der Waals surface area contributed by atoms with Gasteiger partial charge >= 0.3 is 5.97 Å². The first-order valence-corrected chi connectivity index (χ1v) is 5.81. The van der Waals surface area contributed by atoms with Gasteiger partial charge in [-0.15, -0.1) is 0 Å². The van der Waals surface area contributed by atoms with Gasteiger partial charge in [-0.3, -0.25) is 4.79 Å². The molecule has 0 spiro atoms. The zero-order chi connectivity index (χ0) is 12.0. The van der Waals surface area contributed by atoms with Crippen LogP contribution in [0.5, 0.6) is 0 Å². The number of benzene rings is 1. The molecule has 1 aromatic rings. The Morgan fingerprint density at radius 2 is 1.88 bits per heavy atom. The Hall–Kier alpha value is -1.42. The molecule has 1 rings (SSSR count). The molecule has 0 aromatic heterocycles. The molecule has 0 aliphatic carbocycles. The molecule has 0 atom stereocenters. The van der Waals surface area contributed by atoms with Gasteiger partial charge in [0.2, 0.25) is 0 Å². The molecule has 0 amide bonds. The summed E-state index contributed by atoms with van der Waals surface area (Å²) in [6.07, 6.45) is 2.99. The predicted molar refractivity (Wildman–Crippen MR) is 65.6 cm³/mol. The molecule has 0 aliphatic heterocycles. The molecule has 3 nitrogen and oxygen atoms in total.